The molecular weight excluding hydrogens is 397 g/mol. The fraction of sp³-hybridized carbons (Fsp3) is 0.0714. The summed E-state index contributed by atoms with van der Waals surface area (Å²) in [6, 6.07) is 25.3. The second-order valence-corrected chi connectivity index (χ2v) is 8.01. The Balaban J connectivity index is 1.59. The summed E-state index contributed by atoms with van der Waals surface area (Å²) < 4.78 is 14.3. The Morgan fingerprint density at radius 2 is 1.59 bits per heavy atom. The summed E-state index contributed by atoms with van der Waals surface area (Å²) in [6.45, 7) is 0. The smallest absolute Gasteiger partial charge is 0.231 e. The number of halogens is 1. The van der Waals surface area contributed by atoms with Crippen LogP contribution >= 0.6 is 0 Å². The predicted octanol–water partition coefficient (Wildman–Crippen LogP) is 6.68. The van der Waals surface area contributed by atoms with E-state index in [0.29, 0.717) is 5.95 Å². The van der Waals surface area contributed by atoms with E-state index in [4.69, 9.17) is 4.98 Å². The quantitative estimate of drug-likeness (QED) is 0.364. The summed E-state index contributed by atoms with van der Waals surface area (Å²) in [5.41, 5.74) is 5.99. The Bertz CT molecular complexity index is 1360. The molecule has 0 radical (unpaired) electrons. The van der Waals surface area contributed by atoms with E-state index >= 15 is 0 Å². The van der Waals surface area contributed by atoms with Crippen LogP contribution in [0.1, 0.15) is 11.5 Å². The Kier molecular flexibility index (Phi) is 4.43. The predicted molar refractivity (Wildman–Crippen MR) is 126 cm³/mol. The molecule has 0 spiro atoms. The number of hydrogen-bond donors (Lipinski definition) is 0. The van der Waals surface area contributed by atoms with Gasteiger partial charge >= 0.3 is 0 Å². The van der Waals surface area contributed by atoms with Crippen LogP contribution in [-0.4, -0.2) is 16.0 Å². The highest BCUT2D eigenvalue weighted by Crippen LogP contribution is 2.47. The molecule has 3 aromatic carbocycles. The second kappa shape index (κ2) is 7.57. The highest BCUT2D eigenvalue weighted by molar-refractivity contribution is 5.86. The molecule has 154 valence electrons. The van der Waals surface area contributed by atoms with Crippen LogP contribution < -0.4 is 4.90 Å². The van der Waals surface area contributed by atoms with Crippen molar-refractivity contribution in [3.8, 4) is 22.4 Å². The van der Waals surface area contributed by atoms with Crippen LogP contribution in [0.5, 0.6) is 0 Å². The van der Waals surface area contributed by atoms with Gasteiger partial charge in [-0.3, -0.25) is 0 Å². The molecular formula is C28H20FN3. The monoisotopic (exact) mass is 417 g/mol. The van der Waals surface area contributed by atoms with E-state index < -0.39 is 0 Å². The van der Waals surface area contributed by atoms with Gasteiger partial charge in [0.2, 0.25) is 5.95 Å². The van der Waals surface area contributed by atoms with E-state index in [-0.39, 0.29) is 17.8 Å². The Morgan fingerprint density at radius 3 is 2.50 bits per heavy atom. The number of allylic oxidation sites excluding steroid dienone is 2. The van der Waals surface area contributed by atoms with Gasteiger partial charge in [-0.1, -0.05) is 78.9 Å². The maximum atomic E-state index is 14.3. The van der Waals surface area contributed by atoms with Crippen molar-refractivity contribution in [2.45, 2.75) is 12.0 Å². The van der Waals surface area contributed by atoms with Crippen LogP contribution in [0, 0.1) is 5.82 Å². The third kappa shape index (κ3) is 3.04. The molecule has 1 aliphatic carbocycles. The number of aromatic nitrogens is 2. The largest absolute Gasteiger partial charge is 0.302 e. The van der Waals surface area contributed by atoms with Crippen LogP contribution in [0.25, 0.3) is 22.4 Å². The molecule has 2 atom stereocenters. The van der Waals surface area contributed by atoms with Crippen LogP contribution in [0.2, 0.25) is 0 Å². The maximum Gasteiger partial charge on any atom is 0.231 e. The molecule has 0 N–H and O–H groups in total. The second-order valence-electron chi connectivity index (χ2n) is 8.01. The summed E-state index contributed by atoms with van der Waals surface area (Å²) in [7, 11) is 0. The highest BCUT2D eigenvalue weighted by atomic mass is 19.1. The van der Waals surface area contributed by atoms with Gasteiger partial charge in [0.05, 0.1) is 17.4 Å². The molecule has 0 bridgehead atoms. The lowest BCUT2D eigenvalue weighted by Gasteiger charge is -2.34. The van der Waals surface area contributed by atoms with Gasteiger partial charge in [0, 0.05) is 23.2 Å². The van der Waals surface area contributed by atoms with E-state index in [1.165, 1.54) is 6.07 Å². The minimum absolute atomic E-state index is 0.0259. The third-order valence-electron chi connectivity index (χ3n) is 6.16. The lowest BCUT2D eigenvalue weighted by atomic mass is 9.85. The molecule has 0 saturated carbocycles. The van der Waals surface area contributed by atoms with Gasteiger partial charge in [0.15, 0.2) is 0 Å². The SMILES string of the molecule is Fc1ccc2c(c1)C1C=CC=CC1N(c1nccc(-c3ccccc3)n1)c1ccccc1-2. The summed E-state index contributed by atoms with van der Waals surface area (Å²) in [6.07, 6.45) is 10.2. The fourth-order valence-electron chi connectivity index (χ4n) is 4.73. The lowest BCUT2D eigenvalue weighted by Crippen LogP contribution is -2.35. The van der Waals surface area contributed by atoms with Crippen molar-refractivity contribution in [2.24, 2.45) is 0 Å². The number of anilines is 2. The molecule has 4 heteroatoms. The van der Waals surface area contributed by atoms with Crippen molar-refractivity contribution in [3.05, 3.63) is 121 Å². The van der Waals surface area contributed by atoms with Gasteiger partial charge in [-0.25, -0.2) is 14.4 Å². The van der Waals surface area contributed by atoms with Gasteiger partial charge in [0.25, 0.3) is 0 Å². The van der Waals surface area contributed by atoms with Crippen LogP contribution in [0.4, 0.5) is 16.0 Å². The summed E-state index contributed by atoms with van der Waals surface area (Å²) >= 11 is 0. The molecule has 1 aromatic heterocycles. The van der Waals surface area contributed by atoms with Crippen molar-refractivity contribution in [1.29, 1.82) is 0 Å². The molecule has 32 heavy (non-hydrogen) atoms. The van der Waals surface area contributed by atoms with Gasteiger partial charge in [-0.15, -0.1) is 0 Å². The average Bonchev–Trinajstić information content (AvgIpc) is 2.97. The molecule has 6 rings (SSSR count). The minimum atomic E-state index is -0.223. The number of hydrogen-bond acceptors (Lipinski definition) is 3. The molecule has 2 aliphatic rings. The first kappa shape index (κ1) is 18.7. The molecule has 2 unspecified atom stereocenters. The molecule has 0 amide bonds. The zero-order valence-corrected chi connectivity index (χ0v) is 17.3. The molecule has 4 aromatic rings. The Labute approximate surface area is 186 Å². The number of rotatable bonds is 2. The summed E-state index contributed by atoms with van der Waals surface area (Å²) in [5, 5.41) is 0. The van der Waals surface area contributed by atoms with Crippen LogP contribution in [0.15, 0.2) is 109 Å². The molecule has 0 fully saturated rings. The first-order valence-electron chi connectivity index (χ1n) is 10.7. The molecule has 0 saturated heterocycles. The van der Waals surface area contributed by atoms with Gasteiger partial charge in [0.1, 0.15) is 5.82 Å². The molecule has 1 aliphatic heterocycles. The normalized spacial score (nSPS) is 18.5. The fourth-order valence-corrected chi connectivity index (χ4v) is 4.73. The molecule has 3 nitrogen and oxygen atoms in total. The first-order valence-corrected chi connectivity index (χ1v) is 10.7. The number of para-hydroxylation sites is 1. The Morgan fingerprint density at radius 1 is 0.781 bits per heavy atom. The number of benzene rings is 3. The van der Waals surface area contributed by atoms with Crippen molar-refractivity contribution in [3.63, 3.8) is 0 Å². The summed E-state index contributed by atoms with van der Waals surface area (Å²) in [4.78, 5) is 11.8. The van der Waals surface area contributed by atoms with E-state index in [1.54, 1.807) is 6.07 Å². The van der Waals surface area contributed by atoms with Crippen LogP contribution in [0.3, 0.4) is 0 Å². The van der Waals surface area contributed by atoms with Crippen molar-refractivity contribution in [2.75, 3.05) is 4.90 Å². The van der Waals surface area contributed by atoms with Crippen LogP contribution in [-0.2, 0) is 0 Å². The van der Waals surface area contributed by atoms with Gasteiger partial charge in [-0.2, -0.15) is 0 Å². The standard InChI is InChI=1S/C28H20FN3/c29-20-14-15-21-22-10-4-6-12-26(22)32(27-13-7-5-11-23(27)24(21)18-20)28-30-17-16-25(31-28)19-8-2-1-3-9-19/h1-18,23,27H. The van der Waals surface area contributed by atoms with Crippen molar-refractivity contribution in [1.82, 2.24) is 9.97 Å². The zero-order chi connectivity index (χ0) is 21.5. The number of fused-ring (bicyclic) bond motifs is 5. The number of nitrogens with zero attached hydrogens (tertiary/aromatic N) is 3. The Hall–Kier alpha value is -4.05. The average molecular weight is 417 g/mol. The lowest BCUT2D eigenvalue weighted by molar-refractivity contribution is 0.619. The minimum Gasteiger partial charge on any atom is -0.302 e. The summed E-state index contributed by atoms with van der Waals surface area (Å²) in [5.74, 6) is 0.378. The first-order chi connectivity index (χ1) is 15.8. The highest BCUT2D eigenvalue weighted by Gasteiger charge is 2.35. The van der Waals surface area contributed by atoms with Crippen molar-refractivity contribution >= 4 is 11.6 Å². The van der Waals surface area contributed by atoms with Crippen molar-refractivity contribution < 1.29 is 4.39 Å². The molecule has 2 heterocycles. The van der Waals surface area contributed by atoms with Gasteiger partial charge < -0.3 is 4.90 Å². The van der Waals surface area contributed by atoms with E-state index in [1.807, 2.05) is 72.9 Å². The van der Waals surface area contributed by atoms with E-state index in [0.717, 1.165) is 33.6 Å². The van der Waals surface area contributed by atoms with E-state index in [2.05, 4.69) is 34.2 Å². The van der Waals surface area contributed by atoms with Gasteiger partial charge in [-0.05, 0) is 35.4 Å². The topological polar surface area (TPSA) is 29.0 Å². The zero-order valence-electron chi connectivity index (χ0n) is 17.3. The maximum absolute atomic E-state index is 14.3. The third-order valence-corrected chi connectivity index (χ3v) is 6.16. The van der Waals surface area contributed by atoms with E-state index in [9.17, 15) is 4.39 Å².